The third kappa shape index (κ3) is 2.60. The molecule has 6 heteroatoms. The lowest BCUT2D eigenvalue weighted by atomic mass is 10.2. The molecule has 1 aromatic heterocycles. The molecule has 0 fully saturated rings. The summed E-state index contributed by atoms with van der Waals surface area (Å²) in [6.07, 6.45) is 1.34. The first kappa shape index (κ1) is 12.4. The molecule has 0 aliphatic heterocycles. The minimum atomic E-state index is -0.966. The zero-order chi connectivity index (χ0) is 13.1. The quantitative estimate of drug-likeness (QED) is 0.888. The molecule has 1 heterocycles. The number of thiazole rings is 1. The van der Waals surface area contributed by atoms with E-state index in [0.29, 0.717) is 5.13 Å². The van der Waals surface area contributed by atoms with Crippen LogP contribution in [-0.4, -0.2) is 23.2 Å². The molecule has 0 amide bonds. The highest BCUT2D eigenvalue weighted by Gasteiger charge is 2.09. The van der Waals surface area contributed by atoms with E-state index in [1.54, 1.807) is 7.11 Å². The van der Waals surface area contributed by atoms with Crippen molar-refractivity contribution >= 4 is 28.1 Å². The maximum absolute atomic E-state index is 10.7. The summed E-state index contributed by atoms with van der Waals surface area (Å²) in [6, 6.07) is 5.60. The van der Waals surface area contributed by atoms with Gasteiger partial charge in [0.25, 0.3) is 0 Å². The molecule has 2 N–H and O–H groups in total. The smallest absolute Gasteiger partial charge is 0.347 e. The summed E-state index contributed by atoms with van der Waals surface area (Å²) in [5.41, 5.74) is 1.88. The van der Waals surface area contributed by atoms with Gasteiger partial charge in [-0.3, -0.25) is 0 Å². The molecule has 0 radical (unpaired) electrons. The fourth-order valence-corrected chi connectivity index (χ4v) is 2.12. The van der Waals surface area contributed by atoms with Crippen molar-refractivity contribution in [3.63, 3.8) is 0 Å². The molecule has 0 spiro atoms. The molecule has 2 aromatic rings. The normalized spacial score (nSPS) is 10.1. The highest BCUT2D eigenvalue weighted by Crippen LogP contribution is 2.27. The van der Waals surface area contributed by atoms with Crippen LogP contribution in [0.3, 0.4) is 0 Å². The van der Waals surface area contributed by atoms with Gasteiger partial charge in [0.2, 0.25) is 0 Å². The largest absolute Gasteiger partial charge is 0.497 e. The number of hydrogen-bond donors (Lipinski definition) is 2. The Morgan fingerprint density at radius 3 is 2.83 bits per heavy atom. The number of nitrogens with one attached hydrogen (secondary N) is 1. The molecule has 0 aliphatic carbocycles. The Morgan fingerprint density at radius 1 is 1.50 bits per heavy atom. The van der Waals surface area contributed by atoms with Crippen molar-refractivity contribution in [3.05, 3.63) is 34.8 Å². The van der Waals surface area contributed by atoms with Crippen molar-refractivity contribution in [2.24, 2.45) is 0 Å². The van der Waals surface area contributed by atoms with Gasteiger partial charge in [0.05, 0.1) is 13.3 Å². The number of anilines is 2. The minimum Gasteiger partial charge on any atom is -0.497 e. The molecular weight excluding hydrogens is 252 g/mol. The van der Waals surface area contributed by atoms with Crippen molar-refractivity contribution in [1.29, 1.82) is 0 Å². The molecule has 1 aromatic carbocycles. The van der Waals surface area contributed by atoms with E-state index >= 15 is 0 Å². The summed E-state index contributed by atoms with van der Waals surface area (Å²) >= 11 is 1.10. The Hall–Kier alpha value is -2.08. The van der Waals surface area contributed by atoms with E-state index in [0.717, 1.165) is 28.3 Å². The second-order valence-electron chi connectivity index (χ2n) is 3.64. The van der Waals surface area contributed by atoms with Crippen LogP contribution in [0.5, 0.6) is 5.75 Å². The summed E-state index contributed by atoms with van der Waals surface area (Å²) < 4.78 is 5.12. The maximum Gasteiger partial charge on any atom is 0.347 e. The second kappa shape index (κ2) is 5.05. The average molecular weight is 264 g/mol. The van der Waals surface area contributed by atoms with Crippen molar-refractivity contribution in [2.45, 2.75) is 6.92 Å². The van der Waals surface area contributed by atoms with Crippen LogP contribution >= 0.6 is 11.3 Å². The van der Waals surface area contributed by atoms with Crippen molar-refractivity contribution in [1.82, 2.24) is 4.98 Å². The Balaban J connectivity index is 2.20. The van der Waals surface area contributed by atoms with Crippen LogP contribution < -0.4 is 10.1 Å². The number of hydrogen-bond acceptors (Lipinski definition) is 5. The van der Waals surface area contributed by atoms with Gasteiger partial charge in [-0.2, -0.15) is 0 Å². The number of carboxylic acids is 1. The molecular formula is C12H12N2O3S. The number of aromatic nitrogens is 1. The molecule has 0 atom stereocenters. The van der Waals surface area contributed by atoms with Gasteiger partial charge in [-0.05, 0) is 30.7 Å². The lowest BCUT2D eigenvalue weighted by molar-refractivity contribution is 0.0702. The van der Waals surface area contributed by atoms with Gasteiger partial charge in [0, 0.05) is 5.69 Å². The number of benzene rings is 1. The van der Waals surface area contributed by atoms with Crippen LogP contribution in [0.4, 0.5) is 10.8 Å². The van der Waals surface area contributed by atoms with Gasteiger partial charge >= 0.3 is 5.97 Å². The first-order chi connectivity index (χ1) is 8.60. The molecule has 0 bridgehead atoms. The Kier molecular flexibility index (Phi) is 3.47. The SMILES string of the molecule is COc1ccc(Nc2ncc(C(=O)O)s2)c(C)c1. The number of carbonyl (C=O) groups is 1. The Labute approximate surface area is 108 Å². The van der Waals surface area contributed by atoms with E-state index in [9.17, 15) is 4.79 Å². The van der Waals surface area contributed by atoms with E-state index in [-0.39, 0.29) is 4.88 Å². The first-order valence-corrected chi connectivity index (χ1v) is 6.02. The van der Waals surface area contributed by atoms with E-state index in [4.69, 9.17) is 9.84 Å². The average Bonchev–Trinajstić information content (AvgIpc) is 2.80. The van der Waals surface area contributed by atoms with E-state index < -0.39 is 5.97 Å². The summed E-state index contributed by atoms with van der Waals surface area (Å²) in [6.45, 7) is 1.94. The molecule has 0 unspecified atom stereocenters. The fourth-order valence-electron chi connectivity index (χ4n) is 1.45. The first-order valence-electron chi connectivity index (χ1n) is 5.21. The topological polar surface area (TPSA) is 71.5 Å². The monoisotopic (exact) mass is 264 g/mol. The van der Waals surface area contributed by atoms with Crippen LogP contribution in [0.25, 0.3) is 0 Å². The van der Waals surface area contributed by atoms with Crippen LogP contribution in [0.1, 0.15) is 15.2 Å². The number of nitrogens with zero attached hydrogens (tertiary/aromatic N) is 1. The van der Waals surface area contributed by atoms with E-state index in [1.165, 1.54) is 6.20 Å². The van der Waals surface area contributed by atoms with Gasteiger partial charge in [-0.15, -0.1) is 0 Å². The summed E-state index contributed by atoms with van der Waals surface area (Å²) in [5.74, 6) is -0.185. The second-order valence-corrected chi connectivity index (χ2v) is 4.67. The van der Waals surface area contributed by atoms with Gasteiger partial charge in [0.15, 0.2) is 5.13 Å². The zero-order valence-corrected chi connectivity index (χ0v) is 10.7. The Bertz CT molecular complexity index is 580. The van der Waals surface area contributed by atoms with E-state index in [2.05, 4.69) is 10.3 Å². The van der Waals surface area contributed by atoms with Gasteiger partial charge in [-0.1, -0.05) is 11.3 Å². The number of carboxylic acid groups (broad SMARTS) is 1. The lowest BCUT2D eigenvalue weighted by Crippen LogP contribution is -1.93. The van der Waals surface area contributed by atoms with Crippen molar-refractivity contribution in [3.8, 4) is 5.75 Å². The summed E-state index contributed by atoms with van der Waals surface area (Å²) in [5, 5.41) is 12.5. The highest BCUT2D eigenvalue weighted by atomic mass is 32.1. The molecule has 0 saturated carbocycles. The molecule has 0 saturated heterocycles. The standard InChI is InChI=1S/C12H12N2O3S/c1-7-5-8(17-2)3-4-9(7)14-12-13-6-10(18-12)11(15)16/h3-6H,1-2H3,(H,13,14)(H,15,16). The minimum absolute atomic E-state index is 0.212. The van der Waals surface area contributed by atoms with Crippen LogP contribution in [0, 0.1) is 6.92 Å². The molecule has 5 nitrogen and oxygen atoms in total. The molecule has 0 aliphatic rings. The van der Waals surface area contributed by atoms with Crippen LogP contribution in [0.15, 0.2) is 24.4 Å². The number of aryl methyl sites for hydroxylation is 1. The number of methoxy groups -OCH3 is 1. The third-order valence-corrected chi connectivity index (χ3v) is 3.29. The summed E-state index contributed by atoms with van der Waals surface area (Å²) in [4.78, 5) is 15.0. The predicted molar refractivity (Wildman–Crippen MR) is 70.1 cm³/mol. The number of ether oxygens (including phenoxy) is 1. The molecule has 2 rings (SSSR count). The zero-order valence-electron chi connectivity index (χ0n) is 9.93. The van der Waals surface area contributed by atoms with Crippen molar-refractivity contribution in [2.75, 3.05) is 12.4 Å². The lowest BCUT2D eigenvalue weighted by Gasteiger charge is -2.08. The van der Waals surface area contributed by atoms with Gasteiger partial charge in [0.1, 0.15) is 10.6 Å². The van der Waals surface area contributed by atoms with Gasteiger partial charge < -0.3 is 15.2 Å². The maximum atomic E-state index is 10.7. The third-order valence-electron chi connectivity index (χ3n) is 2.39. The molecule has 94 valence electrons. The van der Waals surface area contributed by atoms with Gasteiger partial charge in [-0.25, -0.2) is 9.78 Å². The number of rotatable bonds is 4. The number of aromatic carboxylic acids is 1. The fraction of sp³-hybridized carbons (Fsp3) is 0.167. The van der Waals surface area contributed by atoms with Crippen LogP contribution in [-0.2, 0) is 0 Å². The van der Waals surface area contributed by atoms with Crippen LogP contribution in [0.2, 0.25) is 0 Å². The predicted octanol–water partition coefficient (Wildman–Crippen LogP) is 2.90. The Morgan fingerprint density at radius 2 is 2.28 bits per heavy atom. The van der Waals surface area contributed by atoms with Crippen molar-refractivity contribution < 1.29 is 14.6 Å². The highest BCUT2D eigenvalue weighted by molar-refractivity contribution is 7.17. The summed E-state index contributed by atoms with van der Waals surface area (Å²) in [7, 11) is 1.61. The molecule has 18 heavy (non-hydrogen) atoms. The van der Waals surface area contributed by atoms with E-state index in [1.807, 2.05) is 25.1 Å².